The first-order chi connectivity index (χ1) is 25.2. The monoisotopic (exact) mass is 756 g/mol. The van der Waals surface area contributed by atoms with Crippen molar-refractivity contribution in [3.8, 4) is 11.3 Å². The number of benzene rings is 1. The van der Waals surface area contributed by atoms with Crippen LogP contribution in [0.15, 0.2) is 41.6 Å². The molecule has 6 aliphatic carbocycles. The number of hydrogen-bond donors (Lipinski definition) is 2. The number of rotatable bonds is 6. The van der Waals surface area contributed by atoms with Gasteiger partial charge in [0.2, 0.25) is 0 Å². The SMILES string of the molecule is CC(C)C1=C2[C@H]3CC[C@@H]4[C@@]5(C)CC[C@H](OC(=O)[C@H]6C[C@@H](C(=O)O)C6(C)C)C(C)(C)[C@@H]5CC[C@@]4(C)[C@]3(C)CC[C@@]2(c2ncc(-c3ccc(Cl)cc3)[nH]2)CC1=O. The van der Waals surface area contributed by atoms with E-state index in [0.717, 1.165) is 74.0 Å². The number of fused-ring (bicyclic) bond motifs is 7. The van der Waals surface area contributed by atoms with Gasteiger partial charge in [-0.15, -0.1) is 0 Å². The molecule has 8 heteroatoms. The smallest absolute Gasteiger partial charge is 0.309 e. The van der Waals surface area contributed by atoms with Crippen molar-refractivity contribution in [3.05, 3.63) is 52.5 Å². The summed E-state index contributed by atoms with van der Waals surface area (Å²) >= 11 is 6.22. The lowest BCUT2D eigenvalue weighted by Crippen LogP contribution is -2.66. The number of ketones is 1. The Morgan fingerprint density at radius 3 is 2.22 bits per heavy atom. The Bertz CT molecular complexity index is 1930. The average Bonchev–Trinajstić information content (AvgIpc) is 3.70. The first-order valence-electron chi connectivity index (χ1n) is 20.7. The number of carboxylic acids is 1. The second kappa shape index (κ2) is 12.3. The van der Waals surface area contributed by atoms with Gasteiger partial charge in [0.1, 0.15) is 11.9 Å². The first-order valence-corrected chi connectivity index (χ1v) is 21.1. The van der Waals surface area contributed by atoms with Gasteiger partial charge in [0, 0.05) is 16.9 Å². The first kappa shape index (κ1) is 38.0. The molecular formula is C46H61ClN2O5. The Labute approximate surface area is 326 Å². The molecule has 6 aliphatic rings. The van der Waals surface area contributed by atoms with Gasteiger partial charge >= 0.3 is 11.9 Å². The van der Waals surface area contributed by atoms with Crippen LogP contribution in [0, 0.1) is 62.6 Å². The second-order valence-electron chi connectivity index (χ2n) is 20.7. The maximum Gasteiger partial charge on any atom is 0.309 e. The van der Waals surface area contributed by atoms with Crippen LogP contribution in [-0.2, 0) is 24.5 Å². The number of aromatic nitrogens is 2. The van der Waals surface area contributed by atoms with E-state index in [1.54, 1.807) is 0 Å². The number of nitrogens with one attached hydrogen (secondary N) is 1. The molecule has 54 heavy (non-hydrogen) atoms. The van der Waals surface area contributed by atoms with E-state index >= 15 is 0 Å². The molecule has 0 bridgehead atoms. The number of allylic oxidation sites excluding steroid dienone is 2. The molecule has 5 saturated carbocycles. The largest absolute Gasteiger partial charge is 0.481 e. The van der Waals surface area contributed by atoms with Crippen LogP contribution >= 0.6 is 11.6 Å². The fourth-order valence-corrected chi connectivity index (χ4v) is 14.5. The number of Topliss-reactive ketones (excluding diaryl/α,β-unsaturated/α-hetero) is 1. The number of carbonyl (C=O) groups is 3. The molecule has 0 saturated heterocycles. The van der Waals surface area contributed by atoms with Crippen molar-refractivity contribution in [2.75, 3.05) is 0 Å². The van der Waals surface area contributed by atoms with Gasteiger partial charge in [0.25, 0.3) is 0 Å². The molecule has 0 aliphatic heterocycles. The maximum atomic E-state index is 14.2. The van der Waals surface area contributed by atoms with Crippen molar-refractivity contribution >= 4 is 29.3 Å². The van der Waals surface area contributed by atoms with Crippen LogP contribution < -0.4 is 0 Å². The summed E-state index contributed by atoms with van der Waals surface area (Å²) in [6, 6.07) is 7.86. The van der Waals surface area contributed by atoms with Crippen molar-refractivity contribution in [2.45, 2.75) is 138 Å². The fraction of sp³-hybridized carbons (Fsp3) is 0.696. The van der Waals surface area contributed by atoms with Gasteiger partial charge in [-0.2, -0.15) is 0 Å². The summed E-state index contributed by atoms with van der Waals surface area (Å²) in [5.41, 5.74) is 3.47. The molecule has 2 aromatic rings. The molecule has 292 valence electrons. The molecule has 0 radical (unpaired) electrons. The molecular weight excluding hydrogens is 696 g/mol. The molecule has 0 unspecified atom stereocenters. The topological polar surface area (TPSA) is 109 Å². The lowest BCUT2D eigenvalue weighted by molar-refractivity contribution is -0.235. The van der Waals surface area contributed by atoms with E-state index in [2.05, 4.69) is 53.5 Å². The van der Waals surface area contributed by atoms with E-state index in [9.17, 15) is 19.5 Å². The lowest BCUT2D eigenvalue weighted by atomic mass is 9.33. The van der Waals surface area contributed by atoms with Gasteiger partial charge < -0.3 is 14.8 Å². The third-order valence-electron chi connectivity index (χ3n) is 17.7. The molecule has 1 aromatic heterocycles. The third kappa shape index (κ3) is 5.03. The highest BCUT2D eigenvalue weighted by Gasteiger charge is 2.71. The molecule has 5 fully saturated rings. The van der Waals surface area contributed by atoms with Gasteiger partial charge in [-0.05, 0) is 132 Å². The average molecular weight is 757 g/mol. The number of H-pyrrole nitrogens is 1. The van der Waals surface area contributed by atoms with E-state index in [0.29, 0.717) is 41.4 Å². The van der Waals surface area contributed by atoms with Crippen LogP contribution in [0.1, 0.15) is 132 Å². The van der Waals surface area contributed by atoms with Gasteiger partial charge in [-0.3, -0.25) is 14.4 Å². The minimum Gasteiger partial charge on any atom is -0.481 e. The van der Waals surface area contributed by atoms with E-state index in [-0.39, 0.29) is 45.6 Å². The van der Waals surface area contributed by atoms with Crippen LogP contribution in [0.25, 0.3) is 11.3 Å². The van der Waals surface area contributed by atoms with Crippen LogP contribution in [-0.4, -0.2) is 38.9 Å². The number of carboxylic acid groups (broad SMARTS) is 1. The van der Waals surface area contributed by atoms with E-state index < -0.39 is 22.7 Å². The summed E-state index contributed by atoms with van der Waals surface area (Å²) in [5.74, 6) is 0.727. The molecule has 10 atom stereocenters. The Kier molecular flexibility index (Phi) is 8.64. The molecule has 0 amide bonds. The summed E-state index contributed by atoms with van der Waals surface area (Å²) in [6.07, 6.45) is 10.9. The van der Waals surface area contributed by atoms with Crippen LogP contribution in [0.3, 0.4) is 0 Å². The van der Waals surface area contributed by atoms with Crippen molar-refractivity contribution in [3.63, 3.8) is 0 Å². The summed E-state index contributed by atoms with van der Waals surface area (Å²) in [4.78, 5) is 48.4. The number of imidazole rings is 1. The standard InChI is InChI=1S/C46H61ClN2O5/c1-25(2)36-32(50)23-46(40-48-24-31(49-40)26-10-12-27(47)13-11-26)21-20-44(8)28(37(36)46)14-15-34-43(7)18-17-35(42(5,6)33(43)16-19-45(34,44)9)54-39(53)30-22-29(38(51)52)41(30,3)4/h10-13,24-25,28-30,33-35H,14-23H2,1-9H3,(H,48,49)(H,51,52)/t28-,29+,30-,33+,34-,35+,43+,44-,45-,46-/m1/s1. The lowest BCUT2D eigenvalue weighted by Gasteiger charge is -2.72. The molecule has 1 aromatic carbocycles. The summed E-state index contributed by atoms with van der Waals surface area (Å²) in [6.45, 7) is 20.6. The van der Waals surface area contributed by atoms with Gasteiger partial charge in [-0.25, -0.2) is 4.98 Å². The van der Waals surface area contributed by atoms with Crippen molar-refractivity contribution in [2.24, 2.45) is 62.6 Å². The van der Waals surface area contributed by atoms with E-state index in [1.807, 2.05) is 44.3 Å². The zero-order chi connectivity index (χ0) is 39.0. The summed E-state index contributed by atoms with van der Waals surface area (Å²) < 4.78 is 6.43. The quantitative estimate of drug-likeness (QED) is 0.284. The van der Waals surface area contributed by atoms with Crippen molar-refractivity contribution in [1.82, 2.24) is 9.97 Å². The van der Waals surface area contributed by atoms with Crippen LogP contribution in [0.4, 0.5) is 0 Å². The van der Waals surface area contributed by atoms with Crippen molar-refractivity contribution in [1.29, 1.82) is 0 Å². The molecule has 8 rings (SSSR count). The van der Waals surface area contributed by atoms with Gasteiger partial charge in [-0.1, -0.05) is 86.0 Å². The zero-order valence-electron chi connectivity index (χ0n) is 33.9. The highest BCUT2D eigenvalue weighted by Crippen LogP contribution is 2.77. The minimum absolute atomic E-state index is 0.0308. The Hall–Kier alpha value is -2.93. The van der Waals surface area contributed by atoms with E-state index in [4.69, 9.17) is 21.3 Å². The number of halogens is 1. The summed E-state index contributed by atoms with van der Waals surface area (Å²) in [5, 5.41) is 10.4. The number of aromatic amines is 1. The number of hydrogen-bond acceptors (Lipinski definition) is 5. The molecule has 2 N–H and O–H groups in total. The van der Waals surface area contributed by atoms with Gasteiger partial charge in [0.15, 0.2) is 5.78 Å². The number of ether oxygens (including phenoxy) is 1. The van der Waals surface area contributed by atoms with Crippen molar-refractivity contribution < 1.29 is 24.2 Å². The molecule has 1 heterocycles. The number of aliphatic carboxylic acids is 1. The molecule has 7 nitrogen and oxygen atoms in total. The number of esters is 1. The van der Waals surface area contributed by atoms with Gasteiger partial charge in [0.05, 0.1) is 29.1 Å². The predicted octanol–water partition coefficient (Wildman–Crippen LogP) is 10.6. The second-order valence-corrected chi connectivity index (χ2v) is 21.2. The van der Waals surface area contributed by atoms with Crippen LogP contribution in [0.2, 0.25) is 5.02 Å². The Balaban J connectivity index is 1.09. The highest BCUT2D eigenvalue weighted by molar-refractivity contribution is 6.30. The maximum absolute atomic E-state index is 14.2. The normalized spacial score (nSPS) is 40.6. The number of nitrogens with zero attached hydrogens (tertiary/aromatic N) is 1. The predicted molar refractivity (Wildman–Crippen MR) is 211 cm³/mol. The fourth-order valence-electron chi connectivity index (χ4n) is 14.4. The Morgan fingerprint density at radius 1 is 0.870 bits per heavy atom. The van der Waals surface area contributed by atoms with Crippen LogP contribution in [0.5, 0.6) is 0 Å². The minimum atomic E-state index is -0.823. The molecule has 0 spiro atoms. The number of carbonyl (C=O) groups excluding carboxylic acids is 2. The Morgan fingerprint density at radius 2 is 1.57 bits per heavy atom. The third-order valence-corrected chi connectivity index (χ3v) is 17.9. The zero-order valence-corrected chi connectivity index (χ0v) is 34.7. The van der Waals surface area contributed by atoms with E-state index in [1.165, 1.54) is 5.57 Å². The summed E-state index contributed by atoms with van der Waals surface area (Å²) in [7, 11) is 0. The highest BCUT2D eigenvalue weighted by atomic mass is 35.5.